The topological polar surface area (TPSA) is 85.1 Å². The van der Waals surface area contributed by atoms with Gasteiger partial charge in [0, 0.05) is 22.2 Å². The number of carbonyl (C=O) groups is 1. The molecule has 3 rings (SSSR count). The number of hydrogen-bond donors (Lipinski definition) is 1. The lowest BCUT2D eigenvalue weighted by Crippen LogP contribution is -2.16. The third kappa shape index (κ3) is 3.43. The summed E-state index contributed by atoms with van der Waals surface area (Å²) in [5.41, 5.74) is 2.74. The maximum Gasteiger partial charge on any atom is 0.252 e. The van der Waals surface area contributed by atoms with Gasteiger partial charge < -0.3 is 5.32 Å². The van der Waals surface area contributed by atoms with Crippen molar-refractivity contribution < 1.29 is 4.79 Å². The first kappa shape index (κ1) is 16.5. The zero-order valence-electron chi connectivity index (χ0n) is 14.4. The number of nitrogens with one attached hydrogen (secondary N) is 1. The number of aromatic nitrogens is 5. The molecule has 7 nitrogen and oxygen atoms in total. The number of hydrogen-bond acceptors (Lipinski definition) is 6. The second-order valence-corrected chi connectivity index (χ2v) is 7.65. The number of nitrogens with zero attached hydrogens (tertiary/aromatic N) is 5. The molecule has 0 radical (unpaired) electrons. The van der Waals surface area contributed by atoms with Crippen molar-refractivity contribution in [3.63, 3.8) is 0 Å². The molecule has 0 atom stereocenters. The van der Waals surface area contributed by atoms with E-state index in [9.17, 15) is 4.79 Å². The summed E-state index contributed by atoms with van der Waals surface area (Å²) in [4.78, 5) is 25.3. The van der Waals surface area contributed by atoms with Crippen molar-refractivity contribution >= 4 is 28.2 Å². The third-order valence-electron chi connectivity index (χ3n) is 3.50. The molecule has 3 aromatic rings. The molecule has 0 unspecified atom stereocenters. The fraction of sp³-hybridized carbons (Fsp3) is 0.438. The molecule has 0 bridgehead atoms. The van der Waals surface area contributed by atoms with Gasteiger partial charge in [-0.15, -0.1) is 16.4 Å². The van der Waals surface area contributed by atoms with E-state index in [0.29, 0.717) is 16.7 Å². The number of rotatable bonds is 3. The third-order valence-corrected chi connectivity index (χ3v) is 4.26. The van der Waals surface area contributed by atoms with Crippen molar-refractivity contribution in [1.29, 1.82) is 0 Å². The van der Waals surface area contributed by atoms with Gasteiger partial charge in [0.2, 0.25) is 5.91 Å². The van der Waals surface area contributed by atoms with Crippen molar-refractivity contribution in [2.75, 3.05) is 5.32 Å². The molecule has 0 spiro atoms. The lowest BCUT2D eigenvalue weighted by atomic mass is 9.93. The van der Waals surface area contributed by atoms with Gasteiger partial charge >= 0.3 is 0 Å². The highest BCUT2D eigenvalue weighted by Crippen LogP contribution is 2.26. The molecule has 0 saturated heterocycles. The first-order chi connectivity index (χ1) is 11.2. The predicted octanol–water partition coefficient (Wildman–Crippen LogP) is 2.68. The molecule has 0 aliphatic rings. The predicted molar refractivity (Wildman–Crippen MR) is 93.4 cm³/mol. The van der Waals surface area contributed by atoms with Crippen LogP contribution in [0.2, 0.25) is 0 Å². The molecule has 8 heteroatoms. The Morgan fingerprint density at radius 2 is 2.00 bits per heavy atom. The molecule has 0 fully saturated rings. The van der Waals surface area contributed by atoms with E-state index >= 15 is 0 Å². The summed E-state index contributed by atoms with van der Waals surface area (Å²) in [6, 6.07) is 1.93. The molecule has 0 aromatic carbocycles. The van der Waals surface area contributed by atoms with Crippen LogP contribution in [0, 0.1) is 13.8 Å². The van der Waals surface area contributed by atoms with Crippen LogP contribution in [0.3, 0.4) is 0 Å². The van der Waals surface area contributed by atoms with Gasteiger partial charge in [0.05, 0.1) is 12.1 Å². The highest BCUT2D eigenvalue weighted by molar-refractivity contribution is 7.13. The van der Waals surface area contributed by atoms with Gasteiger partial charge in [0.25, 0.3) is 5.78 Å². The van der Waals surface area contributed by atoms with E-state index < -0.39 is 0 Å². The van der Waals surface area contributed by atoms with E-state index in [0.717, 1.165) is 17.1 Å². The Hall–Kier alpha value is -2.35. The zero-order chi connectivity index (χ0) is 17.5. The summed E-state index contributed by atoms with van der Waals surface area (Å²) in [5, 5.41) is 9.72. The Bertz CT molecular complexity index is 905. The fourth-order valence-corrected chi connectivity index (χ4v) is 3.22. The molecule has 0 aliphatic carbocycles. The molecule has 126 valence electrons. The summed E-state index contributed by atoms with van der Waals surface area (Å²) in [7, 11) is 0. The van der Waals surface area contributed by atoms with Crippen molar-refractivity contribution in [1.82, 2.24) is 24.6 Å². The molecule has 0 saturated carbocycles. The van der Waals surface area contributed by atoms with E-state index in [4.69, 9.17) is 0 Å². The molecule has 1 N–H and O–H groups in total. The minimum Gasteiger partial charge on any atom is -0.302 e. The van der Waals surface area contributed by atoms with Gasteiger partial charge in [0.15, 0.2) is 11.0 Å². The van der Waals surface area contributed by atoms with Gasteiger partial charge in [-0.05, 0) is 19.9 Å². The van der Waals surface area contributed by atoms with Gasteiger partial charge in [-0.1, -0.05) is 20.8 Å². The highest BCUT2D eigenvalue weighted by atomic mass is 32.1. The van der Waals surface area contributed by atoms with Gasteiger partial charge in [-0.3, -0.25) is 4.79 Å². The average Bonchev–Trinajstić information content (AvgIpc) is 3.04. The summed E-state index contributed by atoms with van der Waals surface area (Å²) >= 11 is 1.42. The van der Waals surface area contributed by atoms with Crippen LogP contribution < -0.4 is 5.32 Å². The number of aryl methyl sites for hydroxylation is 2. The Balaban J connectivity index is 1.73. The number of anilines is 1. The second kappa shape index (κ2) is 5.94. The van der Waals surface area contributed by atoms with Crippen molar-refractivity contribution in [2.24, 2.45) is 0 Å². The van der Waals surface area contributed by atoms with E-state index in [-0.39, 0.29) is 17.7 Å². The SMILES string of the molecule is Cc1cc(C)n2nc(CC(=O)Nc3nc(C(C)(C)C)cs3)nc2n1. The standard InChI is InChI=1S/C16H20N6OS/c1-9-6-10(2)22-14(17-9)19-12(21-22)7-13(23)20-15-18-11(8-24-15)16(3,4)5/h6,8H,7H2,1-5H3,(H,18,20,23). The smallest absolute Gasteiger partial charge is 0.252 e. The first-order valence-corrected chi connectivity index (χ1v) is 8.56. The van der Waals surface area contributed by atoms with Crippen LogP contribution in [0.1, 0.15) is 43.7 Å². The van der Waals surface area contributed by atoms with Crippen LogP contribution in [0.25, 0.3) is 5.78 Å². The van der Waals surface area contributed by atoms with Crippen molar-refractivity contribution in [2.45, 2.75) is 46.5 Å². The average molecular weight is 344 g/mol. The largest absolute Gasteiger partial charge is 0.302 e. The molecule has 3 heterocycles. The molecular weight excluding hydrogens is 324 g/mol. The Morgan fingerprint density at radius 3 is 2.67 bits per heavy atom. The maximum absolute atomic E-state index is 12.2. The Labute approximate surface area is 144 Å². The first-order valence-electron chi connectivity index (χ1n) is 7.68. The molecule has 1 amide bonds. The summed E-state index contributed by atoms with van der Waals surface area (Å²) in [5.74, 6) is 0.774. The van der Waals surface area contributed by atoms with Gasteiger partial charge in [0.1, 0.15) is 0 Å². The molecular formula is C16H20N6OS. The summed E-state index contributed by atoms with van der Waals surface area (Å²) < 4.78 is 1.65. The molecule has 24 heavy (non-hydrogen) atoms. The second-order valence-electron chi connectivity index (χ2n) is 6.79. The van der Waals surface area contributed by atoms with Crippen molar-refractivity contribution in [3.05, 3.63) is 34.4 Å². The Morgan fingerprint density at radius 1 is 1.25 bits per heavy atom. The van der Waals surface area contributed by atoms with E-state index in [1.54, 1.807) is 4.52 Å². The number of fused-ring (bicyclic) bond motifs is 1. The van der Waals surface area contributed by atoms with E-state index in [1.165, 1.54) is 11.3 Å². The van der Waals surface area contributed by atoms with Crippen molar-refractivity contribution in [3.8, 4) is 0 Å². The molecule has 0 aliphatic heterocycles. The van der Waals surface area contributed by atoms with Crippen LogP contribution in [0.5, 0.6) is 0 Å². The van der Waals surface area contributed by atoms with Crippen LogP contribution in [-0.4, -0.2) is 30.5 Å². The van der Waals surface area contributed by atoms with Gasteiger partial charge in [-0.2, -0.15) is 4.98 Å². The molecule has 3 aromatic heterocycles. The number of carbonyl (C=O) groups excluding carboxylic acids is 1. The number of thiazole rings is 1. The quantitative estimate of drug-likeness (QED) is 0.789. The van der Waals surface area contributed by atoms with Crippen LogP contribution in [0.15, 0.2) is 11.4 Å². The normalized spacial score (nSPS) is 11.9. The lowest BCUT2D eigenvalue weighted by Gasteiger charge is -2.14. The monoisotopic (exact) mass is 344 g/mol. The van der Waals surface area contributed by atoms with Crippen LogP contribution >= 0.6 is 11.3 Å². The lowest BCUT2D eigenvalue weighted by molar-refractivity contribution is -0.115. The maximum atomic E-state index is 12.2. The van der Waals surface area contributed by atoms with Crippen LogP contribution in [-0.2, 0) is 16.6 Å². The summed E-state index contributed by atoms with van der Waals surface area (Å²) in [6.07, 6.45) is 0.0896. The summed E-state index contributed by atoms with van der Waals surface area (Å²) in [6.45, 7) is 10.1. The van der Waals surface area contributed by atoms with Gasteiger partial charge in [-0.25, -0.2) is 14.5 Å². The zero-order valence-corrected chi connectivity index (χ0v) is 15.2. The minimum atomic E-state index is -0.185. The Kier molecular flexibility index (Phi) is 4.08. The highest BCUT2D eigenvalue weighted by Gasteiger charge is 2.19. The minimum absolute atomic E-state index is 0.0380. The fourth-order valence-electron chi connectivity index (χ4n) is 2.27. The van der Waals surface area contributed by atoms with E-state index in [1.807, 2.05) is 25.3 Å². The number of amides is 1. The van der Waals surface area contributed by atoms with E-state index in [2.05, 4.69) is 46.1 Å². The van der Waals surface area contributed by atoms with Crippen LogP contribution in [0.4, 0.5) is 5.13 Å².